The van der Waals surface area contributed by atoms with E-state index in [1.165, 1.54) is 120 Å². The lowest BCUT2D eigenvalue weighted by Gasteiger charge is -2.07. The quantitative estimate of drug-likeness (QED) is 0.0482. The Balaban J connectivity index is 2.99. The molecule has 0 bridgehead atoms. The summed E-state index contributed by atoms with van der Waals surface area (Å²) in [7, 11) is 0. The van der Waals surface area contributed by atoms with Crippen LogP contribution in [0.5, 0.6) is 0 Å². The summed E-state index contributed by atoms with van der Waals surface area (Å²) < 4.78 is 23.6. The molecule has 0 aromatic rings. The lowest BCUT2D eigenvalue weighted by molar-refractivity contribution is -0.00248. The SMILES string of the molecule is CCCCCCCCCCCCCCCCOCCOCCOCCOCCCCCCI. The van der Waals surface area contributed by atoms with Gasteiger partial charge in [-0.15, -0.1) is 0 Å². The van der Waals surface area contributed by atoms with Gasteiger partial charge in [0.2, 0.25) is 0 Å². The molecule has 0 aromatic heterocycles. The molecule has 0 spiro atoms. The Morgan fingerprint density at radius 3 is 0.939 bits per heavy atom. The standard InChI is InChI=1S/C28H57IO4/c1-2-3-4-5-6-7-8-9-10-11-12-13-15-18-21-30-23-25-32-27-28-33-26-24-31-22-19-16-14-17-20-29/h2-28H2,1H3. The average Bonchev–Trinajstić information content (AvgIpc) is 2.83. The van der Waals surface area contributed by atoms with Gasteiger partial charge in [-0.3, -0.25) is 0 Å². The van der Waals surface area contributed by atoms with Gasteiger partial charge in [0.1, 0.15) is 0 Å². The number of alkyl halides is 1. The predicted molar refractivity (Wildman–Crippen MR) is 151 cm³/mol. The Morgan fingerprint density at radius 2 is 0.606 bits per heavy atom. The molecule has 0 atom stereocenters. The maximum atomic E-state index is 5.66. The van der Waals surface area contributed by atoms with Crippen molar-refractivity contribution in [1.82, 2.24) is 0 Å². The van der Waals surface area contributed by atoms with Crippen LogP contribution in [0.4, 0.5) is 0 Å². The van der Waals surface area contributed by atoms with E-state index in [9.17, 15) is 0 Å². The van der Waals surface area contributed by atoms with Gasteiger partial charge in [-0.2, -0.15) is 0 Å². The Bertz CT molecular complexity index is 301. The predicted octanol–water partition coefficient (Wildman–Crippen LogP) is 8.53. The second kappa shape index (κ2) is 32.6. The van der Waals surface area contributed by atoms with Crippen LogP contribution in [-0.2, 0) is 18.9 Å². The number of hydrogen-bond acceptors (Lipinski definition) is 4. The summed E-state index contributed by atoms with van der Waals surface area (Å²) >= 11 is 2.44. The molecule has 0 aliphatic carbocycles. The smallest absolute Gasteiger partial charge is 0.0701 e. The maximum absolute atomic E-state index is 5.66. The fourth-order valence-electron chi connectivity index (χ4n) is 3.81. The van der Waals surface area contributed by atoms with Gasteiger partial charge in [0.15, 0.2) is 0 Å². The third kappa shape index (κ3) is 32.6. The van der Waals surface area contributed by atoms with Crippen LogP contribution in [0.3, 0.4) is 0 Å². The van der Waals surface area contributed by atoms with Crippen LogP contribution >= 0.6 is 22.6 Å². The molecule has 0 amide bonds. The highest BCUT2D eigenvalue weighted by Gasteiger charge is 1.96. The van der Waals surface area contributed by atoms with E-state index < -0.39 is 0 Å². The highest BCUT2D eigenvalue weighted by atomic mass is 127. The molecule has 0 heterocycles. The maximum Gasteiger partial charge on any atom is 0.0701 e. The van der Waals surface area contributed by atoms with Crippen LogP contribution in [0.15, 0.2) is 0 Å². The van der Waals surface area contributed by atoms with Crippen molar-refractivity contribution < 1.29 is 18.9 Å². The Hall–Kier alpha value is 0.570. The molecule has 33 heavy (non-hydrogen) atoms. The van der Waals surface area contributed by atoms with Crippen molar-refractivity contribution in [2.45, 2.75) is 122 Å². The van der Waals surface area contributed by atoms with E-state index in [0.717, 1.165) is 13.2 Å². The van der Waals surface area contributed by atoms with Gasteiger partial charge >= 0.3 is 0 Å². The summed E-state index contributed by atoms with van der Waals surface area (Å²) in [5, 5.41) is 0. The number of hydrogen-bond donors (Lipinski definition) is 0. The van der Waals surface area contributed by atoms with Gasteiger partial charge in [-0.25, -0.2) is 0 Å². The summed E-state index contributed by atoms with van der Waals surface area (Å²) in [5.41, 5.74) is 0. The molecule has 4 nitrogen and oxygen atoms in total. The molecule has 0 saturated carbocycles. The summed E-state index contributed by atoms with van der Waals surface area (Å²) in [6.45, 7) is 7.99. The normalized spacial score (nSPS) is 11.5. The Labute approximate surface area is 220 Å². The van der Waals surface area contributed by atoms with Crippen LogP contribution in [0.2, 0.25) is 0 Å². The average molecular weight is 585 g/mol. The van der Waals surface area contributed by atoms with Gasteiger partial charge in [-0.1, -0.05) is 126 Å². The van der Waals surface area contributed by atoms with Gasteiger partial charge in [0, 0.05) is 13.2 Å². The first-order valence-electron chi connectivity index (χ1n) is 14.3. The lowest BCUT2D eigenvalue weighted by Crippen LogP contribution is -2.12. The van der Waals surface area contributed by atoms with Crippen LogP contribution < -0.4 is 0 Å². The van der Waals surface area contributed by atoms with Crippen LogP contribution in [-0.4, -0.2) is 57.3 Å². The molecule has 200 valence electrons. The van der Waals surface area contributed by atoms with E-state index in [1.54, 1.807) is 0 Å². The largest absolute Gasteiger partial charge is 0.379 e. The van der Waals surface area contributed by atoms with E-state index in [-0.39, 0.29) is 0 Å². The molecule has 0 saturated heterocycles. The van der Waals surface area contributed by atoms with Gasteiger partial charge in [0.25, 0.3) is 0 Å². The molecule has 0 aromatic carbocycles. The number of unbranched alkanes of at least 4 members (excludes halogenated alkanes) is 16. The Kier molecular flexibility index (Phi) is 33.1. The number of ether oxygens (including phenoxy) is 4. The molecule has 0 rings (SSSR count). The highest BCUT2D eigenvalue weighted by Crippen LogP contribution is 2.13. The van der Waals surface area contributed by atoms with E-state index in [4.69, 9.17) is 18.9 Å². The highest BCUT2D eigenvalue weighted by molar-refractivity contribution is 14.1. The van der Waals surface area contributed by atoms with E-state index in [2.05, 4.69) is 29.5 Å². The summed E-state index contributed by atoms with van der Waals surface area (Å²) in [4.78, 5) is 0. The van der Waals surface area contributed by atoms with Crippen LogP contribution in [0, 0.1) is 0 Å². The molecule has 0 N–H and O–H groups in total. The Morgan fingerprint density at radius 1 is 0.333 bits per heavy atom. The van der Waals surface area contributed by atoms with Gasteiger partial charge in [-0.05, 0) is 23.7 Å². The zero-order valence-corrected chi connectivity index (χ0v) is 24.3. The zero-order valence-electron chi connectivity index (χ0n) is 22.1. The number of halogens is 1. The third-order valence-corrected chi connectivity index (χ3v) is 6.69. The molecular weight excluding hydrogens is 527 g/mol. The summed E-state index contributed by atoms with van der Waals surface area (Å²) in [6.07, 6.45) is 24.6. The fraction of sp³-hybridized carbons (Fsp3) is 1.00. The molecule has 5 heteroatoms. The van der Waals surface area contributed by atoms with Gasteiger partial charge < -0.3 is 18.9 Å². The molecule has 0 radical (unpaired) electrons. The minimum atomic E-state index is 0.637. The molecule has 0 unspecified atom stereocenters. The second-order valence-corrected chi connectivity index (χ2v) is 10.2. The lowest BCUT2D eigenvalue weighted by atomic mass is 10.0. The summed E-state index contributed by atoms with van der Waals surface area (Å²) in [5.74, 6) is 0. The first-order valence-corrected chi connectivity index (χ1v) is 15.8. The molecule has 0 fully saturated rings. The van der Waals surface area contributed by atoms with Crippen molar-refractivity contribution >= 4 is 22.6 Å². The second-order valence-electron chi connectivity index (χ2n) is 9.15. The monoisotopic (exact) mass is 584 g/mol. The van der Waals surface area contributed by atoms with E-state index in [1.807, 2.05) is 0 Å². The van der Waals surface area contributed by atoms with E-state index >= 15 is 0 Å². The van der Waals surface area contributed by atoms with Crippen molar-refractivity contribution in [3.05, 3.63) is 0 Å². The third-order valence-electron chi connectivity index (χ3n) is 5.93. The molecule has 0 aliphatic heterocycles. The number of rotatable bonds is 30. The minimum absolute atomic E-state index is 0.637. The molecular formula is C28H57IO4. The minimum Gasteiger partial charge on any atom is -0.379 e. The van der Waals surface area contributed by atoms with Crippen molar-refractivity contribution in [2.75, 3.05) is 57.3 Å². The van der Waals surface area contributed by atoms with Crippen molar-refractivity contribution in [1.29, 1.82) is 0 Å². The van der Waals surface area contributed by atoms with Crippen molar-refractivity contribution in [3.63, 3.8) is 0 Å². The first kappa shape index (κ1) is 33.6. The van der Waals surface area contributed by atoms with Crippen molar-refractivity contribution in [3.8, 4) is 0 Å². The fourth-order valence-corrected chi connectivity index (χ4v) is 4.35. The topological polar surface area (TPSA) is 36.9 Å². The van der Waals surface area contributed by atoms with Crippen LogP contribution in [0.25, 0.3) is 0 Å². The molecule has 0 aliphatic rings. The van der Waals surface area contributed by atoms with Crippen LogP contribution in [0.1, 0.15) is 122 Å². The van der Waals surface area contributed by atoms with Crippen molar-refractivity contribution in [2.24, 2.45) is 0 Å². The first-order chi connectivity index (χ1) is 16.4. The van der Waals surface area contributed by atoms with E-state index in [0.29, 0.717) is 39.6 Å². The van der Waals surface area contributed by atoms with Gasteiger partial charge in [0.05, 0.1) is 39.6 Å². The summed E-state index contributed by atoms with van der Waals surface area (Å²) in [6, 6.07) is 0. The zero-order chi connectivity index (χ0) is 23.9.